The van der Waals surface area contributed by atoms with E-state index in [1.54, 1.807) is 53.9 Å². The number of carbonyl (C=O) groups is 2. The molecule has 0 radical (unpaired) electrons. The molecule has 2 heterocycles. The molecule has 0 atom stereocenters. The standard InChI is InChI=1S/C18H16N4O3S/c1-12-20-15(11-26-12)10-25-16-6-2-4-13(8-16)17(23)21-22-18(24)14-5-3-7-19-9-14/h2-9,11H,10H2,1H3,(H,21,23)(H,22,24). The lowest BCUT2D eigenvalue weighted by molar-refractivity contribution is 0.0846. The molecule has 8 heteroatoms. The SMILES string of the molecule is Cc1nc(COc2cccc(C(=O)NNC(=O)c3cccnc3)c2)cs1. The summed E-state index contributed by atoms with van der Waals surface area (Å²) < 4.78 is 5.66. The fraction of sp³-hybridized carbons (Fsp3) is 0.111. The van der Waals surface area contributed by atoms with E-state index in [0.29, 0.717) is 23.5 Å². The van der Waals surface area contributed by atoms with Crippen LogP contribution in [0.5, 0.6) is 5.75 Å². The molecule has 1 aromatic carbocycles. The van der Waals surface area contributed by atoms with E-state index in [2.05, 4.69) is 20.8 Å². The Labute approximate surface area is 154 Å². The zero-order valence-electron chi connectivity index (χ0n) is 13.9. The minimum atomic E-state index is -0.447. The lowest BCUT2D eigenvalue weighted by Gasteiger charge is -2.09. The monoisotopic (exact) mass is 368 g/mol. The molecule has 132 valence electrons. The number of carbonyl (C=O) groups excluding carboxylic acids is 2. The summed E-state index contributed by atoms with van der Waals surface area (Å²) in [7, 11) is 0. The van der Waals surface area contributed by atoms with Crippen LogP contribution in [0.3, 0.4) is 0 Å². The number of amides is 2. The van der Waals surface area contributed by atoms with Crippen LogP contribution >= 0.6 is 11.3 Å². The van der Waals surface area contributed by atoms with Crippen molar-refractivity contribution in [1.29, 1.82) is 0 Å². The Morgan fingerprint density at radius 2 is 1.88 bits per heavy atom. The molecular formula is C18H16N4O3S. The maximum atomic E-state index is 12.2. The summed E-state index contributed by atoms with van der Waals surface area (Å²) in [6.45, 7) is 2.26. The van der Waals surface area contributed by atoms with Gasteiger partial charge in [0.2, 0.25) is 0 Å². The predicted molar refractivity (Wildman–Crippen MR) is 96.8 cm³/mol. The highest BCUT2D eigenvalue weighted by atomic mass is 32.1. The first kappa shape index (κ1) is 17.6. The van der Waals surface area contributed by atoms with Gasteiger partial charge in [-0.1, -0.05) is 6.07 Å². The van der Waals surface area contributed by atoms with Crippen molar-refractivity contribution in [3.8, 4) is 5.75 Å². The quantitative estimate of drug-likeness (QED) is 0.675. The maximum Gasteiger partial charge on any atom is 0.271 e. The summed E-state index contributed by atoms with van der Waals surface area (Å²) in [5, 5.41) is 2.90. The van der Waals surface area contributed by atoms with Crippen LogP contribution in [0.4, 0.5) is 0 Å². The average molecular weight is 368 g/mol. The van der Waals surface area contributed by atoms with Crippen LogP contribution in [0.2, 0.25) is 0 Å². The molecule has 0 spiro atoms. The second-order valence-corrected chi connectivity index (χ2v) is 6.39. The second-order valence-electron chi connectivity index (χ2n) is 5.32. The molecule has 0 saturated carbocycles. The molecule has 2 N–H and O–H groups in total. The van der Waals surface area contributed by atoms with Gasteiger partial charge in [-0.2, -0.15) is 0 Å². The van der Waals surface area contributed by atoms with Crippen molar-refractivity contribution in [3.05, 3.63) is 76.0 Å². The van der Waals surface area contributed by atoms with Gasteiger partial charge >= 0.3 is 0 Å². The number of ether oxygens (including phenoxy) is 1. The second kappa shape index (κ2) is 8.21. The molecule has 0 aliphatic rings. The lowest BCUT2D eigenvalue weighted by atomic mass is 10.2. The fourth-order valence-corrected chi connectivity index (χ4v) is 2.71. The Morgan fingerprint density at radius 1 is 1.12 bits per heavy atom. The molecule has 0 aliphatic carbocycles. The first-order valence-corrected chi connectivity index (χ1v) is 8.64. The van der Waals surface area contributed by atoms with E-state index in [1.165, 1.54) is 6.20 Å². The van der Waals surface area contributed by atoms with Crippen LogP contribution in [-0.4, -0.2) is 21.8 Å². The first-order chi connectivity index (χ1) is 12.6. The molecule has 0 fully saturated rings. The minimum Gasteiger partial charge on any atom is -0.487 e. The fourth-order valence-electron chi connectivity index (χ4n) is 2.11. The molecule has 0 saturated heterocycles. The molecular weight excluding hydrogens is 352 g/mol. The van der Waals surface area contributed by atoms with Crippen LogP contribution in [0.15, 0.2) is 54.2 Å². The Hall–Kier alpha value is -3.26. The van der Waals surface area contributed by atoms with Gasteiger partial charge in [0.05, 0.1) is 16.3 Å². The minimum absolute atomic E-state index is 0.327. The lowest BCUT2D eigenvalue weighted by Crippen LogP contribution is -2.41. The van der Waals surface area contributed by atoms with Crippen LogP contribution in [0.1, 0.15) is 31.4 Å². The normalized spacial score (nSPS) is 10.2. The predicted octanol–water partition coefficient (Wildman–Crippen LogP) is 2.50. The maximum absolute atomic E-state index is 12.2. The van der Waals surface area contributed by atoms with Crippen molar-refractivity contribution in [2.75, 3.05) is 0 Å². The number of pyridine rings is 1. The van der Waals surface area contributed by atoms with Gasteiger partial charge < -0.3 is 4.74 Å². The summed E-state index contributed by atoms with van der Waals surface area (Å²) in [4.78, 5) is 32.3. The van der Waals surface area contributed by atoms with Gasteiger partial charge in [-0.15, -0.1) is 11.3 Å². The summed E-state index contributed by atoms with van der Waals surface area (Å²) >= 11 is 1.56. The van der Waals surface area contributed by atoms with Crippen LogP contribution in [-0.2, 0) is 6.61 Å². The van der Waals surface area contributed by atoms with E-state index in [4.69, 9.17) is 4.74 Å². The Bertz CT molecular complexity index is 912. The number of rotatable bonds is 5. The molecule has 3 aromatic rings. The van der Waals surface area contributed by atoms with E-state index in [-0.39, 0.29) is 0 Å². The van der Waals surface area contributed by atoms with Crippen molar-refractivity contribution in [1.82, 2.24) is 20.8 Å². The highest BCUT2D eigenvalue weighted by Crippen LogP contribution is 2.16. The van der Waals surface area contributed by atoms with Gasteiger partial charge in [0.15, 0.2) is 0 Å². The van der Waals surface area contributed by atoms with E-state index in [1.807, 2.05) is 12.3 Å². The van der Waals surface area contributed by atoms with E-state index in [9.17, 15) is 9.59 Å². The van der Waals surface area contributed by atoms with Crippen molar-refractivity contribution >= 4 is 23.2 Å². The molecule has 26 heavy (non-hydrogen) atoms. The summed E-state index contributed by atoms with van der Waals surface area (Å²) in [6, 6.07) is 9.93. The average Bonchev–Trinajstić information content (AvgIpc) is 3.10. The largest absolute Gasteiger partial charge is 0.487 e. The van der Waals surface area contributed by atoms with E-state index < -0.39 is 11.8 Å². The molecule has 3 rings (SSSR count). The van der Waals surface area contributed by atoms with Gasteiger partial charge in [-0.05, 0) is 37.3 Å². The molecule has 0 unspecified atom stereocenters. The Kier molecular flexibility index (Phi) is 5.55. The molecule has 2 amide bonds. The van der Waals surface area contributed by atoms with Gasteiger partial charge in [0.25, 0.3) is 11.8 Å². The number of nitrogens with one attached hydrogen (secondary N) is 2. The molecule has 0 bridgehead atoms. The zero-order valence-corrected chi connectivity index (χ0v) is 14.7. The van der Waals surface area contributed by atoms with Crippen LogP contribution in [0, 0.1) is 6.92 Å². The van der Waals surface area contributed by atoms with Crippen molar-refractivity contribution in [3.63, 3.8) is 0 Å². The summed E-state index contributed by atoms with van der Waals surface area (Å²) in [5.41, 5.74) is 6.27. The van der Waals surface area contributed by atoms with Crippen molar-refractivity contribution in [2.45, 2.75) is 13.5 Å². The van der Waals surface area contributed by atoms with Crippen molar-refractivity contribution < 1.29 is 14.3 Å². The van der Waals surface area contributed by atoms with Crippen molar-refractivity contribution in [2.24, 2.45) is 0 Å². The molecule has 2 aromatic heterocycles. The van der Waals surface area contributed by atoms with E-state index in [0.717, 1.165) is 10.7 Å². The zero-order chi connectivity index (χ0) is 18.4. The molecule has 0 aliphatic heterocycles. The molecule has 7 nitrogen and oxygen atoms in total. The van der Waals surface area contributed by atoms with Gasteiger partial charge in [0, 0.05) is 23.3 Å². The smallest absolute Gasteiger partial charge is 0.271 e. The number of hydrogen-bond acceptors (Lipinski definition) is 6. The highest BCUT2D eigenvalue weighted by molar-refractivity contribution is 7.09. The van der Waals surface area contributed by atoms with E-state index >= 15 is 0 Å². The summed E-state index contributed by atoms with van der Waals surface area (Å²) in [5.74, 6) is -0.350. The van der Waals surface area contributed by atoms with Gasteiger partial charge in [0.1, 0.15) is 12.4 Å². The van der Waals surface area contributed by atoms with Crippen LogP contribution in [0.25, 0.3) is 0 Å². The third kappa shape index (κ3) is 4.64. The first-order valence-electron chi connectivity index (χ1n) is 7.76. The number of hydrogen-bond donors (Lipinski definition) is 2. The summed E-state index contributed by atoms with van der Waals surface area (Å²) in [6.07, 6.45) is 2.98. The highest BCUT2D eigenvalue weighted by Gasteiger charge is 2.10. The third-order valence-electron chi connectivity index (χ3n) is 3.36. The third-order valence-corrected chi connectivity index (χ3v) is 4.19. The number of thiazole rings is 1. The topological polar surface area (TPSA) is 93.2 Å². The number of hydrazine groups is 1. The van der Waals surface area contributed by atoms with Crippen LogP contribution < -0.4 is 15.6 Å². The number of benzene rings is 1. The van der Waals surface area contributed by atoms with Gasteiger partial charge in [-0.25, -0.2) is 4.98 Å². The Balaban J connectivity index is 1.56. The number of aryl methyl sites for hydroxylation is 1. The van der Waals surface area contributed by atoms with Gasteiger partial charge in [-0.3, -0.25) is 25.4 Å². The Morgan fingerprint density at radius 3 is 2.58 bits per heavy atom. The number of aromatic nitrogens is 2. The number of nitrogens with zero attached hydrogens (tertiary/aromatic N) is 2.